The quantitative estimate of drug-likeness (QED) is 0.673. The summed E-state index contributed by atoms with van der Waals surface area (Å²) in [4.78, 5) is 0. The van der Waals surface area contributed by atoms with Gasteiger partial charge in [-0.2, -0.15) is 18.3 Å². The van der Waals surface area contributed by atoms with Gasteiger partial charge in [0.1, 0.15) is 0 Å². The summed E-state index contributed by atoms with van der Waals surface area (Å²) in [5, 5.41) is 4.22. The first-order chi connectivity index (χ1) is 9.81. The van der Waals surface area contributed by atoms with Crippen LogP contribution in [0.4, 0.5) is 13.2 Å². The second-order valence-corrected chi connectivity index (χ2v) is 4.96. The van der Waals surface area contributed by atoms with Crippen LogP contribution in [-0.4, -0.2) is 9.78 Å². The smallest absolute Gasteiger partial charge is 0.271 e. The van der Waals surface area contributed by atoms with Crippen LogP contribution in [0.3, 0.4) is 0 Å². The van der Waals surface area contributed by atoms with Crippen molar-refractivity contribution in [3.8, 4) is 0 Å². The summed E-state index contributed by atoms with van der Waals surface area (Å²) in [5.74, 6) is 5.54. The van der Waals surface area contributed by atoms with Crippen molar-refractivity contribution in [2.24, 2.45) is 12.9 Å². The topological polar surface area (TPSA) is 55.9 Å². The molecule has 1 heterocycles. The highest BCUT2D eigenvalue weighted by Gasteiger charge is 2.30. The Bertz CT molecular complexity index is 619. The molecule has 1 atom stereocenters. The van der Waals surface area contributed by atoms with Crippen LogP contribution >= 0.6 is 0 Å². The molecule has 0 saturated heterocycles. The third kappa shape index (κ3) is 3.62. The number of rotatable bonds is 4. The average Bonchev–Trinajstić information content (AvgIpc) is 2.74. The first kappa shape index (κ1) is 15.5. The Hall–Kier alpha value is -1.86. The van der Waals surface area contributed by atoms with Crippen molar-refractivity contribution >= 4 is 0 Å². The molecule has 21 heavy (non-hydrogen) atoms. The van der Waals surface area contributed by atoms with Crippen molar-refractivity contribution in [3.05, 3.63) is 52.8 Å². The largest absolute Gasteiger partial charge is 0.416 e. The molecular weight excluding hydrogens is 281 g/mol. The van der Waals surface area contributed by atoms with E-state index in [-0.39, 0.29) is 6.04 Å². The molecule has 0 aliphatic heterocycles. The number of aromatic nitrogens is 2. The molecule has 1 unspecified atom stereocenters. The van der Waals surface area contributed by atoms with Gasteiger partial charge in [-0.05, 0) is 31.0 Å². The first-order valence-corrected chi connectivity index (χ1v) is 6.44. The van der Waals surface area contributed by atoms with Gasteiger partial charge >= 0.3 is 6.18 Å². The number of halogens is 3. The molecule has 2 aromatic rings. The SMILES string of the molecule is Cc1cc(C(Cc2cccc(C(F)(F)F)c2)NN)n(C)n1. The lowest BCUT2D eigenvalue weighted by atomic mass is 10.0. The highest BCUT2D eigenvalue weighted by atomic mass is 19.4. The number of alkyl halides is 3. The van der Waals surface area contributed by atoms with E-state index in [0.717, 1.165) is 23.5 Å². The molecule has 2 rings (SSSR count). The second-order valence-electron chi connectivity index (χ2n) is 4.96. The lowest BCUT2D eigenvalue weighted by molar-refractivity contribution is -0.137. The fraction of sp³-hybridized carbons (Fsp3) is 0.357. The Morgan fingerprint density at radius 3 is 2.57 bits per heavy atom. The first-order valence-electron chi connectivity index (χ1n) is 6.44. The zero-order chi connectivity index (χ0) is 15.6. The highest BCUT2D eigenvalue weighted by molar-refractivity contribution is 5.27. The molecule has 4 nitrogen and oxygen atoms in total. The van der Waals surface area contributed by atoms with Crippen LogP contribution in [0.5, 0.6) is 0 Å². The molecule has 0 aliphatic carbocycles. The monoisotopic (exact) mass is 298 g/mol. The van der Waals surface area contributed by atoms with Crippen LogP contribution in [0, 0.1) is 6.92 Å². The van der Waals surface area contributed by atoms with Gasteiger partial charge in [0, 0.05) is 7.05 Å². The molecule has 114 valence electrons. The number of benzene rings is 1. The molecular formula is C14H17F3N4. The maximum absolute atomic E-state index is 12.7. The summed E-state index contributed by atoms with van der Waals surface area (Å²) in [6.07, 6.45) is -4.00. The van der Waals surface area contributed by atoms with Gasteiger partial charge in [-0.1, -0.05) is 18.2 Å². The number of hydrazine groups is 1. The van der Waals surface area contributed by atoms with E-state index in [1.165, 1.54) is 6.07 Å². The van der Waals surface area contributed by atoms with E-state index in [0.29, 0.717) is 12.0 Å². The van der Waals surface area contributed by atoms with E-state index >= 15 is 0 Å². The molecule has 0 radical (unpaired) electrons. The van der Waals surface area contributed by atoms with Crippen molar-refractivity contribution in [2.45, 2.75) is 25.6 Å². The summed E-state index contributed by atoms with van der Waals surface area (Å²) in [6.45, 7) is 1.85. The van der Waals surface area contributed by atoms with E-state index < -0.39 is 11.7 Å². The van der Waals surface area contributed by atoms with E-state index in [9.17, 15) is 13.2 Å². The van der Waals surface area contributed by atoms with Gasteiger partial charge in [-0.3, -0.25) is 16.0 Å². The normalized spacial score (nSPS) is 13.4. The molecule has 0 saturated carbocycles. The maximum Gasteiger partial charge on any atom is 0.416 e. The minimum absolute atomic E-state index is 0.306. The van der Waals surface area contributed by atoms with Crippen molar-refractivity contribution in [1.82, 2.24) is 15.2 Å². The molecule has 7 heteroatoms. The van der Waals surface area contributed by atoms with Gasteiger partial charge in [-0.25, -0.2) is 0 Å². The highest BCUT2D eigenvalue weighted by Crippen LogP contribution is 2.30. The summed E-state index contributed by atoms with van der Waals surface area (Å²) in [6, 6.07) is 6.82. The van der Waals surface area contributed by atoms with E-state index in [2.05, 4.69) is 10.5 Å². The third-order valence-corrected chi connectivity index (χ3v) is 3.29. The average molecular weight is 298 g/mol. The van der Waals surface area contributed by atoms with Gasteiger partial charge in [0.25, 0.3) is 0 Å². The number of nitrogens with zero attached hydrogens (tertiary/aromatic N) is 2. The summed E-state index contributed by atoms with van der Waals surface area (Å²) in [7, 11) is 1.78. The van der Waals surface area contributed by atoms with Gasteiger partial charge in [0.2, 0.25) is 0 Å². The molecule has 3 N–H and O–H groups in total. The molecule has 0 spiro atoms. The van der Waals surface area contributed by atoms with Gasteiger partial charge < -0.3 is 0 Å². The fourth-order valence-electron chi connectivity index (χ4n) is 2.32. The van der Waals surface area contributed by atoms with E-state index in [1.54, 1.807) is 17.8 Å². The van der Waals surface area contributed by atoms with Crippen molar-refractivity contribution in [3.63, 3.8) is 0 Å². The Balaban J connectivity index is 2.25. The van der Waals surface area contributed by atoms with E-state index in [1.807, 2.05) is 13.0 Å². The Morgan fingerprint density at radius 2 is 2.05 bits per heavy atom. The van der Waals surface area contributed by atoms with Gasteiger partial charge in [-0.15, -0.1) is 0 Å². The van der Waals surface area contributed by atoms with Crippen molar-refractivity contribution in [1.29, 1.82) is 0 Å². The van der Waals surface area contributed by atoms with Crippen molar-refractivity contribution in [2.75, 3.05) is 0 Å². The summed E-state index contributed by atoms with van der Waals surface area (Å²) < 4.78 is 39.8. The third-order valence-electron chi connectivity index (χ3n) is 3.29. The molecule has 1 aromatic carbocycles. The molecule has 0 aliphatic rings. The molecule has 0 bridgehead atoms. The minimum Gasteiger partial charge on any atom is -0.271 e. The molecule has 0 fully saturated rings. The second kappa shape index (κ2) is 5.87. The van der Waals surface area contributed by atoms with Crippen LogP contribution in [0.15, 0.2) is 30.3 Å². The van der Waals surface area contributed by atoms with Crippen LogP contribution in [0.25, 0.3) is 0 Å². The molecule has 0 amide bonds. The van der Waals surface area contributed by atoms with Crippen LogP contribution < -0.4 is 11.3 Å². The number of hydrogen-bond acceptors (Lipinski definition) is 3. The number of hydrogen-bond donors (Lipinski definition) is 2. The number of nitrogens with two attached hydrogens (primary N) is 1. The lowest BCUT2D eigenvalue weighted by Crippen LogP contribution is -2.31. The van der Waals surface area contributed by atoms with Crippen LogP contribution in [0.1, 0.15) is 28.6 Å². The predicted molar refractivity (Wildman–Crippen MR) is 73.2 cm³/mol. The lowest BCUT2D eigenvalue weighted by Gasteiger charge is -2.17. The Morgan fingerprint density at radius 1 is 1.33 bits per heavy atom. The maximum atomic E-state index is 12.7. The zero-order valence-electron chi connectivity index (χ0n) is 11.8. The van der Waals surface area contributed by atoms with Crippen LogP contribution in [0.2, 0.25) is 0 Å². The zero-order valence-corrected chi connectivity index (χ0v) is 11.8. The Kier molecular flexibility index (Phi) is 4.34. The van der Waals surface area contributed by atoms with E-state index in [4.69, 9.17) is 5.84 Å². The van der Waals surface area contributed by atoms with Crippen LogP contribution in [-0.2, 0) is 19.6 Å². The number of nitrogens with one attached hydrogen (secondary N) is 1. The fourth-order valence-corrected chi connectivity index (χ4v) is 2.32. The predicted octanol–water partition coefficient (Wildman–Crippen LogP) is 2.49. The van der Waals surface area contributed by atoms with Gasteiger partial charge in [0.15, 0.2) is 0 Å². The number of aryl methyl sites for hydroxylation is 2. The molecule has 1 aromatic heterocycles. The Labute approximate surface area is 120 Å². The van der Waals surface area contributed by atoms with Gasteiger partial charge in [0.05, 0.1) is 23.0 Å². The standard InChI is InChI=1S/C14H17F3N4/c1-9-6-13(21(2)20-9)12(19-18)8-10-4-3-5-11(7-10)14(15,16)17/h3-7,12,19H,8,18H2,1-2H3. The summed E-state index contributed by atoms with van der Waals surface area (Å²) in [5.41, 5.74) is 4.20. The summed E-state index contributed by atoms with van der Waals surface area (Å²) >= 11 is 0. The minimum atomic E-state index is -4.34. The van der Waals surface area contributed by atoms with Crippen molar-refractivity contribution < 1.29 is 13.2 Å².